The lowest BCUT2D eigenvalue weighted by Crippen LogP contribution is -2.20. The minimum atomic E-state index is -1.14. The number of nitro benzene ring substituents is 1. The van der Waals surface area contributed by atoms with Gasteiger partial charge in [0, 0.05) is 23.3 Å². The smallest absolute Gasteiger partial charge is 0.339 e. The van der Waals surface area contributed by atoms with Gasteiger partial charge in [-0.25, -0.2) is 9.59 Å². The predicted molar refractivity (Wildman–Crippen MR) is 166 cm³/mol. The summed E-state index contributed by atoms with van der Waals surface area (Å²) in [6.45, 7) is -1.30. The van der Waals surface area contributed by atoms with Crippen LogP contribution in [0.4, 0.5) is 5.69 Å². The maximum absolute atomic E-state index is 13.0. The lowest BCUT2D eigenvalue weighted by Gasteiger charge is -2.10. The van der Waals surface area contributed by atoms with Crippen LogP contribution in [0.15, 0.2) is 127 Å². The molecule has 0 N–H and O–H groups in total. The summed E-state index contributed by atoms with van der Waals surface area (Å²) in [5, 5.41) is 11.4. The van der Waals surface area contributed by atoms with E-state index in [4.69, 9.17) is 9.47 Å². The highest BCUT2D eigenvalue weighted by molar-refractivity contribution is 6.06. The van der Waals surface area contributed by atoms with Crippen LogP contribution in [-0.2, 0) is 9.47 Å². The Morgan fingerprint density at radius 1 is 0.511 bits per heavy atom. The average molecular weight is 600 g/mol. The quantitative estimate of drug-likeness (QED) is 0.0686. The van der Waals surface area contributed by atoms with Crippen LogP contribution in [0.2, 0.25) is 0 Å². The number of hydrogen-bond acceptors (Lipinski definition) is 8. The Balaban J connectivity index is 1.24. The van der Waals surface area contributed by atoms with Gasteiger partial charge in [-0.05, 0) is 28.3 Å². The van der Waals surface area contributed by atoms with Gasteiger partial charge in [0.1, 0.15) is 0 Å². The highest BCUT2D eigenvalue weighted by Gasteiger charge is 2.25. The van der Waals surface area contributed by atoms with E-state index in [1.54, 1.807) is 48.5 Å². The first-order valence-electron chi connectivity index (χ1n) is 13.8. The second kappa shape index (κ2) is 13.8. The zero-order valence-corrected chi connectivity index (χ0v) is 23.8. The minimum absolute atomic E-state index is 0.288. The van der Waals surface area contributed by atoms with Gasteiger partial charge in [0.2, 0.25) is 0 Å². The summed E-state index contributed by atoms with van der Waals surface area (Å²) < 4.78 is 10.3. The fraction of sp³-hybridized carbons (Fsp3) is 0.0556. The Bertz CT molecular complexity index is 1870. The number of nitrogens with zero attached hydrogens (tertiary/aromatic N) is 1. The van der Waals surface area contributed by atoms with Gasteiger partial charge in [0.05, 0.1) is 16.1 Å². The van der Waals surface area contributed by atoms with Crippen molar-refractivity contribution in [2.75, 3.05) is 13.2 Å². The second-order valence-corrected chi connectivity index (χ2v) is 9.87. The molecule has 0 bridgehead atoms. The number of non-ortho nitro benzene ring substituents is 1. The van der Waals surface area contributed by atoms with Gasteiger partial charge < -0.3 is 9.47 Å². The highest BCUT2D eigenvalue weighted by atomic mass is 16.6. The fourth-order valence-electron chi connectivity index (χ4n) is 4.54. The summed E-state index contributed by atoms with van der Waals surface area (Å²) in [4.78, 5) is 61.9. The topological polar surface area (TPSA) is 130 Å². The van der Waals surface area contributed by atoms with Crippen LogP contribution in [0, 0.1) is 10.1 Å². The number of rotatable bonds is 11. The van der Waals surface area contributed by atoms with Gasteiger partial charge >= 0.3 is 11.9 Å². The van der Waals surface area contributed by atoms with Gasteiger partial charge in [0.15, 0.2) is 24.8 Å². The van der Waals surface area contributed by atoms with Crippen molar-refractivity contribution in [3.05, 3.63) is 160 Å². The third kappa shape index (κ3) is 7.41. The standard InChI is InChI=1S/C36H25NO8/c38-33(28-15-11-26(12-16-28)24-7-3-1-4-8-24)22-44-35(40)31-20-19-30(37(42)43)21-32(31)36(41)45-23-34(39)29-17-13-27(14-18-29)25-9-5-2-6-10-25/h1-21H,22-23H2. The normalized spacial score (nSPS) is 10.5. The van der Waals surface area contributed by atoms with Crippen molar-refractivity contribution in [3.8, 4) is 22.3 Å². The number of ether oxygens (including phenoxy) is 2. The first-order valence-corrected chi connectivity index (χ1v) is 13.8. The molecule has 5 rings (SSSR count). The van der Waals surface area contributed by atoms with Crippen LogP contribution in [0.25, 0.3) is 22.3 Å². The van der Waals surface area contributed by atoms with Gasteiger partial charge in [-0.15, -0.1) is 0 Å². The molecular formula is C36H25NO8. The number of carbonyl (C=O) groups excluding carboxylic acids is 4. The molecular weight excluding hydrogens is 574 g/mol. The molecule has 0 fully saturated rings. The molecule has 0 aliphatic heterocycles. The lowest BCUT2D eigenvalue weighted by molar-refractivity contribution is -0.384. The van der Waals surface area contributed by atoms with Crippen LogP contribution in [0.3, 0.4) is 0 Å². The van der Waals surface area contributed by atoms with Crippen LogP contribution in [0.5, 0.6) is 0 Å². The van der Waals surface area contributed by atoms with E-state index in [2.05, 4.69) is 0 Å². The van der Waals surface area contributed by atoms with Gasteiger partial charge in [-0.3, -0.25) is 19.7 Å². The van der Waals surface area contributed by atoms with Crippen molar-refractivity contribution in [2.24, 2.45) is 0 Å². The summed E-state index contributed by atoms with van der Waals surface area (Å²) in [5.74, 6) is -3.20. The van der Waals surface area contributed by atoms with Crippen LogP contribution in [-0.4, -0.2) is 41.6 Å². The first-order chi connectivity index (χ1) is 21.8. The van der Waals surface area contributed by atoms with Crippen molar-refractivity contribution >= 4 is 29.2 Å². The van der Waals surface area contributed by atoms with E-state index in [0.29, 0.717) is 5.56 Å². The molecule has 5 aromatic rings. The largest absolute Gasteiger partial charge is 0.454 e. The maximum atomic E-state index is 13.0. The SMILES string of the molecule is O=C(COC(=O)c1ccc([N+](=O)[O-])cc1C(=O)OCC(=O)c1ccc(-c2ccccc2)cc1)c1ccc(-c2ccccc2)cc1. The molecule has 222 valence electrons. The van der Waals surface area contributed by atoms with E-state index in [9.17, 15) is 29.3 Å². The zero-order chi connectivity index (χ0) is 31.8. The predicted octanol–water partition coefficient (Wildman–Crippen LogP) is 7.01. The van der Waals surface area contributed by atoms with Crippen molar-refractivity contribution < 1.29 is 33.6 Å². The molecule has 0 aliphatic carbocycles. The molecule has 5 aromatic carbocycles. The monoisotopic (exact) mass is 599 g/mol. The summed E-state index contributed by atoms with van der Waals surface area (Å²) in [6.07, 6.45) is 0. The third-order valence-corrected chi connectivity index (χ3v) is 6.95. The molecule has 0 aliphatic rings. The molecule has 45 heavy (non-hydrogen) atoms. The molecule has 0 aromatic heterocycles. The zero-order valence-electron chi connectivity index (χ0n) is 23.8. The van der Waals surface area contributed by atoms with Gasteiger partial charge in [-0.1, -0.05) is 109 Å². The molecule has 0 spiro atoms. The molecule has 9 nitrogen and oxygen atoms in total. The Morgan fingerprint density at radius 3 is 1.33 bits per heavy atom. The van der Waals surface area contributed by atoms with Gasteiger partial charge in [-0.2, -0.15) is 0 Å². The van der Waals surface area contributed by atoms with Crippen molar-refractivity contribution in [2.45, 2.75) is 0 Å². The Labute approximate surface area is 257 Å². The number of ketones is 2. The number of Topliss-reactive ketones (excluding diaryl/α,β-unsaturated/α-hetero) is 2. The summed E-state index contributed by atoms with van der Waals surface area (Å²) >= 11 is 0. The van der Waals surface area contributed by atoms with E-state index in [1.807, 2.05) is 60.7 Å². The molecule has 0 saturated carbocycles. The number of carbonyl (C=O) groups is 4. The highest BCUT2D eigenvalue weighted by Crippen LogP contribution is 2.23. The number of hydrogen-bond donors (Lipinski definition) is 0. The van der Waals surface area contributed by atoms with E-state index in [0.717, 1.165) is 40.5 Å². The van der Waals surface area contributed by atoms with E-state index >= 15 is 0 Å². The minimum Gasteiger partial charge on any atom is -0.454 e. The Kier molecular flexibility index (Phi) is 9.30. The molecule has 0 heterocycles. The first kappa shape index (κ1) is 30.2. The van der Waals surface area contributed by atoms with Crippen molar-refractivity contribution in [1.82, 2.24) is 0 Å². The van der Waals surface area contributed by atoms with Crippen molar-refractivity contribution in [3.63, 3.8) is 0 Å². The number of nitro groups is 1. The third-order valence-electron chi connectivity index (χ3n) is 6.95. The molecule has 0 unspecified atom stereocenters. The fourth-order valence-corrected chi connectivity index (χ4v) is 4.54. The summed E-state index contributed by atoms with van der Waals surface area (Å²) in [7, 11) is 0. The van der Waals surface area contributed by atoms with Gasteiger partial charge in [0.25, 0.3) is 5.69 Å². The lowest BCUT2D eigenvalue weighted by atomic mass is 10.0. The number of esters is 2. The summed E-state index contributed by atoms with van der Waals surface area (Å²) in [6, 6.07) is 35.5. The molecule has 9 heteroatoms. The Morgan fingerprint density at radius 2 is 0.911 bits per heavy atom. The molecule has 0 radical (unpaired) electrons. The number of benzene rings is 5. The van der Waals surface area contributed by atoms with Crippen molar-refractivity contribution in [1.29, 1.82) is 0 Å². The van der Waals surface area contributed by atoms with E-state index in [1.165, 1.54) is 0 Å². The molecule has 0 saturated heterocycles. The second-order valence-electron chi connectivity index (χ2n) is 9.87. The van der Waals surface area contributed by atoms with E-state index < -0.39 is 52.9 Å². The Hall–Kier alpha value is -6.22. The van der Waals surface area contributed by atoms with Crippen LogP contribution in [0.1, 0.15) is 41.4 Å². The molecule has 0 amide bonds. The van der Waals surface area contributed by atoms with Crippen LogP contribution < -0.4 is 0 Å². The van der Waals surface area contributed by atoms with Crippen LogP contribution >= 0.6 is 0 Å². The average Bonchev–Trinajstić information content (AvgIpc) is 3.09. The summed E-state index contributed by atoms with van der Waals surface area (Å²) in [5.41, 5.74) is 3.04. The van der Waals surface area contributed by atoms with E-state index in [-0.39, 0.29) is 11.1 Å². The maximum Gasteiger partial charge on any atom is 0.339 e. The molecule has 0 atom stereocenters.